The van der Waals surface area contributed by atoms with E-state index >= 15 is 0 Å². The van der Waals surface area contributed by atoms with Crippen molar-refractivity contribution < 1.29 is 14.3 Å². The molecule has 172 valence electrons. The number of nitrogen functional groups attached to an aromatic ring is 1. The molecule has 0 unspecified atom stereocenters. The van der Waals surface area contributed by atoms with Crippen molar-refractivity contribution in [1.82, 2.24) is 24.8 Å². The van der Waals surface area contributed by atoms with Crippen LogP contribution in [0.5, 0.6) is 5.75 Å². The molecule has 33 heavy (non-hydrogen) atoms. The number of ether oxygens (including phenoxy) is 2. The number of anilines is 1. The number of pyridine rings is 1. The van der Waals surface area contributed by atoms with Crippen molar-refractivity contribution in [3.63, 3.8) is 0 Å². The Bertz CT molecular complexity index is 1090. The first kappa shape index (κ1) is 22.6. The normalized spacial score (nSPS) is 16.1. The van der Waals surface area contributed by atoms with Crippen molar-refractivity contribution in [2.45, 2.75) is 12.6 Å². The molecular weight excluding hydrogens is 420 g/mol. The number of nitrogens with two attached hydrogens (primary N) is 1. The molecule has 9 heteroatoms. The number of carbonyl (C=O) groups is 1. The van der Waals surface area contributed by atoms with E-state index in [0.717, 1.165) is 28.1 Å². The Morgan fingerprint density at radius 1 is 1.27 bits per heavy atom. The van der Waals surface area contributed by atoms with Crippen LogP contribution in [-0.4, -0.2) is 71.1 Å². The van der Waals surface area contributed by atoms with Gasteiger partial charge in [0.05, 0.1) is 32.5 Å². The molecule has 1 saturated heterocycles. The van der Waals surface area contributed by atoms with Crippen LogP contribution in [0.25, 0.3) is 11.1 Å². The van der Waals surface area contributed by atoms with Gasteiger partial charge in [0, 0.05) is 31.0 Å². The summed E-state index contributed by atoms with van der Waals surface area (Å²) in [6.07, 6.45) is 4.54. The van der Waals surface area contributed by atoms with Crippen molar-refractivity contribution in [2.24, 2.45) is 0 Å². The van der Waals surface area contributed by atoms with Gasteiger partial charge in [-0.25, -0.2) is 15.0 Å². The van der Waals surface area contributed by atoms with Crippen LogP contribution in [-0.2, 0) is 16.1 Å². The average Bonchev–Trinajstić information content (AvgIpc) is 2.84. The summed E-state index contributed by atoms with van der Waals surface area (Å²) in [5.41, 5.74) is 9.40. The third-order valence-electron chi connectivity index (χ3n) is 5.58. The number of rotatable bonds is 7. The molecule has 4 rings (SSSR count). The summed E-state index contributed by atoms with van der Waals surface area (Å²) >= 11 is 0. The van der Waals surface area contributed by atoms with E-state index in [0.29, 0.717) is 38.6 Å². The lowest BCUT2D eigenvalue weighted by molar-refractivity contribution is -0.140. The summed E-state index contributed by atoms with van der Waals surface area (Å²) in [5.74, 6) is 1.29. The molecule has 3 heterocycles. The number of methoxy groups -OCH3 is 1. The first-order chi connectivity index (χ1) is 16.0. The zero-order valence-corrected chi connectivity index (χ0v) is 18.8. The van der Waals surface area contributed by atoms with Gasteiger partial charge in [-0.3, -0.25) is 9.69 Å². The Balaban J connectivity index is 1.42. The summed E-state index contributed by atoms with van der Waals surface area (Å²) in [6, 6.07) is 11.5. The smallest absolute Gasteiger partial charge is 0.236 e. The van der Waals surface area contributed by atoms with Crippen LogP contribution < -0.4 is 10.5 Å². The zero-order chi connectivity index (χ0) is 23.2. The lowest BCUT2D eigenvalue weighted by Gasteiger charge is -2.34. The maximum atomic E-state index is 13.0. The maximum absolute atomic E-state index is 13.0. The van der Waals surface area contributed by atoms with Gasteiger partial charge in [-0.05, 0) is 42.4 Å². The van der Waals surface area contributed by atoms with Gasteiger partial charge in [0.15, 0.2) is 0 Å². The number of aromatic nitrogens is 3. The second kappa shape index (κ2) is 10.4. The highest BCUT2D eigenvalue weighted by Gasteiger charge is 2.28. The van der Waals surface area contributed by atoms with Gasteiger partial charge in [-0.15, -0.1) is 0 Å². The molecule has 0 aliphatic carbocycles. The molecule has 1 fully saturated rings. The fourth-order valence-electron chi connectivity index (χ4n) is 3.90. The quantitative estimate of drug-likeness (QED) is 0.586. The Labute approximate surface area is 193 Å². The van der Waals surface area contributed by atoms with Crippen LogP contribution in [0.3, 0.4) is 0 Å². The third-order valence-corrected chi connectivity index (χ3v) is 5.58. The number of likely N-dealkylation sites (N-methyl/N-ethyl adjacent to an activating group) is 1. The van der Waals surface area contributed by atoms with Crippen LogP contribution in [0.15, 0.2) is 55.1 Å². The molecule has 1 aliphatic heterocycles. The summed E-state index contributed by atoms with van der Waals surface area (Å²) in [5, 5.41) is 0. The lowest BCUT2D eigenvalue weighted by atomic mass is 10.0. The molecule has 2 N–H and O–H groups in total. The van der Waals surface area contributed by atoms with Crippen molar-refractivity contribution >= 4 is 11.7 Å². The molecule has 1 atom stereocenters. The fraction of sp³-hybridized carbons (Fsp3) is 0.333. The number of hydrogen-bond acceptors (Lipinski definition) is 8. The third kappa shape index (κ3) is 5.63. The topological polar surface area (TPSA) is 107 Å². The molecule has 1 amide bonds. The van der Waals surface area contributed by atoms with Gasteiger partial charge in [0.2, 0.25) is 5.91 Å². The first-order valence-corrected chi connectivity index (χ1v) is 10.8. The molecule has 0 radical (unpaired) electrons. The van der Waals surface area contributed by atoms with Crippen LogP contribution >= 0.6 is 0 Å². The van der Waals surface area contributed by atoms with Crippen LogP contribution in [0, 0.1) is 0 Å². The SMILES string of the molecule is COc1ccc(CN(C)CC(=O)N2CCO[C@H](c3ncncc3-c3ccnc(N)c3)C2)cc1. The van der Waals surface area contributed by atoms with Gasteiger partial charge in [0.1, 0.15) is 24.0 Å². The molecular formula is C24H28N6O3. The van der Waals surface area contributed by atoms with Crippen molar-refractivity contribution in [3.05, 3.63) is 66.4 Å². The standard InChI is InChI=1S/C24H28N6O3/c1-29(13-17-3-5-19(32-2)6-4-17)15-23(31)30-9-10-33-21(14-30)24-20(12-26-16-28-24)18-7-8-27-22(25)11-18/h3-8,11-12,16,21H,9-10,13-15H2,1-2H3,(H2,25,27)/t21-/m0/s1. The van der Waals surface area contributed by atoms with E-state index in [-0.39, 0.29) is 12.0 Å². The van der Waals surface area contributed by atoms with Crippen molar-refractivity contribution in [3.8, 4) is 16.9 Å². The van der Waals surface area contributed by atoms with Crippen LogP contribution in [0.4, 0.5) is 5.82 Å². The number of hydrogen-bond donors (Lipinski definition) is 1. The monoisotopic (exact) mass is 448 g/mol. The molecule has 2 aromatic heterocycles. The minimum atomic E-state index is -0.345. The lowest BCUT2D eigenvalue weighted by Crippen LogP contribution is -2.46. The number of carbonyl (C=O) groups excluding carboxylic acids is 1. The van der Waals surface area contributed by atoms with E-state index in [4.69, 9.17) is 15.2 Å². The Morgan fingerprint density at radius 2 is 2.09 bits per heavy atom. The van der Waals surface area contributed by atoms with E-state index in [1.807, 2.05) is 47.2 Å². The summed E-state index contributed by atoms with van der Waals surface area (Å²) in [7, 11) is 3.59. The Morgan fingerprint density at radius 3 is 2.85 bits per heavy atom. The van der Waals surface area contributed by atoms with E-state index in [9.17, 15) is 4.79 Å². The maximum Gasteiger partial charge on any atom is 0.236 e. The molecule has 0 spiro atoms. The van der Waals surface area contributed by atoms with Crippen LogP contribution in [0.2, 0.25) is 0 Å². The highest BCUT2D eigenvalue weighted by molar-refractivity contribution is 5.78. The second-order valence-electron chi connectivity index (χ2n) is 8.01. The highest BCUT2D eigenvalue weighted by Crippen LogP contribution is 2.30. The number of nitrogens with zero attached hydrogens (tertiary/aromatic N) is 5. The second-order valence-corrected chi connectivity index (χ2v) is 8.01. The molecule has 9 nitrogen and oxygen atoms in total. The van der Waals surface area contributed by atoms with Gasteiger partial charge in [0.25, 0.3) is 0 Å². The highest BCUT2D eigenvalue weighted by atomic mass is 16.5. The molecule has 1 aromatic carbocycles. The van der Waals surface area contributed by atoms with Crippen molar-refractivity contribution in [2.75, 3.05) is 46.1 Å². The number of morpholine rings is 1. The van der Waals surface area contributed by atoms with E-state index in [1.54, 1.807) is 25.6 Å². The average molecular weight is 449 g/mol. The van der Waals surface area contributed by atoms with Gasteiger partial charge >= 0.3 is 0 Å². The minimum absolute atomic E-state index is 0.0584. The summed E-state index contributed by atoms with van der Waals surface area (Å²) in [6.45, 7) is 2.41. The Kier molecular flexibility index (Phi) is 7.11. The predicted octanol–water partition coefficient (Wildman–Crippen LogP) is 2.16. The number of benzene rings is 1. The number of amides is 1. The fourth-order valence-corrected chi connectivity index (χ4v) is 3.90. The largest absolute Gasteiger partial charge is 0.497 e. The van der Waals surface area contributed by atoms with Crippen molar-refractivity contribution in [1.29, 1.82) is 0 Å². The first-order valence-electron chi connectivity index (χ1n) is 10.8. The van der Waals surface area contributed by atoms with Crippen LogP contribution in [0.1, 0.15) is 17.4 Å². The minimum Gasteiger partial charge on any atom is -0.497 e. The van der Waals surface area contributed by atoms with Gasteiger partial charge in [-0.1, -0.05) is 12.1 Å². The molecule has 0 saturated carbocycles. The molecule has 1 aliphatic rings. The molecule has 3 aromatic rings. The summed E-state index contributed by atoms with van der Waals surface area (Å²) in [4.78, 5) is 29.6. The molecule has 0 bridgehead atoms. The predicted molar refractivity (Wildman–Crippen MR) is 124 cm³/mol. The Hall–Kier alpha value is -3.56. The van der Waals surface area contributed by atoms with Gasteiger partial charge < -0.3 is 20.1 Å². The van der Waals surface area contributed by atoms with E-state index in [2.05, 4.69) is 15.0 Å². The van der Waals surface area contributed by atoms with E-state index < -0.39 is 0 Å². The summed E-state index contributed by atoms with van der Waals surface area (Å²) < 4.78 is 11.2. The van der Waals surface area contributed by atoms with E-state index in [1.165, 1.54) is 6.33 Å². The zero-order valence-electron chi connectivity index (χ0n) is 18.8. The van der Waals surface area contributed by atoms with Gasteiger partial charge in [-0.2, -0.15) is 0 Å².